The molecular weight excluding hydrogens is 265 g/mol. The van der Waals surface area contributed by atoms with Crippen molar-refractivity contribution in [2.75, 3.05) is 33.4 Å². The molecule has 20 heavy (non-hydrogen) atoms. The average Bonchev–Trinajstić information content (AvgIpc) is 2.43. The molecule has 6 heteroatoms. The van der Waals surface area contributed by atoms with Crippen LogP contribution in [0.5, 0.6) is 5.75 Å². The second-order valence-electron chi connectivity index (χ2n) is 4.52. The van der Waals surface area contributed by atoms with Gasteiger partial charge in [0.25, 0.3) is 0 Å². The monoisotopic (exact) mass is 287 g/mol. The van der Waals surface area contributed by atoms with Crippen molar-refractivity contribution in [3.63, 3.8) is 0 Å². The van der Waals surface area contributed by atoms with Crippen molar-refractivity contribution in [1.29, 1.82) is 0 Å². The summed E-state index contributed by atoms with van der Waals surface area (Å²) in [6.45, 7) is 1.37. The molecular formula is C14H22FNO4. The zero-order chi connectivity index (χ0) is 14.8. The van der Waals surface area contributed by atoms with Crippen LogP contribution in [0.1, 0.15) is 6.42 Å². The van der Waals surface area contributed by atoms with Crippen LogP contribution in [0.2, 0.25) is 0 Å². The molecule has 2 atom stereocenters. The lowest BCUT2D eigenvalue weighted by Gasteiger charge is -2.14. The van der Waals surface area contributed by atoms with Gasteiger partial charge in [0, 0.05) is 13.7 Å². The van der Waals surface area contributed by atoms with Gasteiger partial charge in [0.1, 0.15) is 24.3 Å². The van der Waals surface area contributed by atoms with E-state index in [0.717, 1.165) is 0 Å². The first-order valence-corrected chi connectivity index (χ1v) is 6.56. The molecule has 114 valence electrons. The van der Waals surface area contributed by atoms with E-state index in [1.54, 1.807) is 0 Å². The molecule has 3 N–H and O–H groups in total. The fraction of sp³-hybridized carbons (Fsp3) is 0.571. The summed E-state index contributed by atoms with van der Waals surface area (Å²) in [5.41, 5.74) is 0. The molecule has 0 radical (unpaired) electrons. The first kappa shape index (κ1) is 16.8. The standard InChI is InChI=1S/C14H22FNO4/c1-19-9-12(17)6-7-16-8-13(18)10-20-14-4-2-11(15)3-5-14/h2-5,12-13,16-18H,6-10H2,1H3. The molecule has 5 nitrogen and oxygen atoms in total. The minimum absolute atomic E-state index is 0.124. The van der Waals surface area contributed by atoms with Crippen LogP contribution in [0.3, 0.4) is 0 Å². The van der Waals surface area contributed by atoms with Crippen LogP contribution < -0.4 is 10.1 Å². The van der Waals surface area contributed by atoms with E-state index in [1.807, 2.05) is 0 Å². The number of ether oxygens (including phenoxy) is 2. The van der Waals surface area contributed by atoms with Gasteiger partial charge in [0.2, 0.25) is 0 Å². The second-order valence-corrected chi connectivity index (χ2v) is 4.52. The molecule has 0 aliphatic carbocycles. The summed E-state index contributed by atoms with van der Waals surface area (Å²) < 4.78 is 22.8. The van der Waals surface area contributed by atoms with E-state index in [9.17, 15) is 14.6 Å². The predicted molar refractivity (Wildman–Crippen MR) is 73.3 cm³/mol. The van der Waals surface area contributed by atoms with Gasteiger partial charge in [-0.25, -0.2) is 4.39 Å². The van der Waals surface area contributed by atoms with Crippen molar-refractivity contribution < 1.29 is 24.1 Å². The van der Waals surface area contributed by atoms with E-state index < -0.39 is 12.2 Å². The van der Waals surface area contributed by atoms with E-state index in [1.165, 1.54) is 31.4 Å². The highest BCUT2D eigenvalue weighted by Crippen LogP contribution is 2.11. The highest BCUT2D eigenvalue weighted by Gasteiger charge is 2.06. The van der Waals surface area contributed by atoms with Crippen LogP contribution in [0, 0.1) is 5.82 Å². The Hall–Kier alpha value is -1.21. The zero-order valence-corrected chi connectivity index (χ0v) is 11.6. The SMILES string of the molecule is COCC(O)CCNCC(O)COc1ccc(F)cc1. The topological polar surface area (TPSA) is 71.0 Å². The van der Waals surface area contributed by atoms with Gasteiger partial charge in [-0.3, -0.25) is 0 Å². The first-order chi connectivity index (χ1) is 9.61. The van der Waals surface area contributed by atoms with Crippen molar-refractivity contribution in [3.8, 4) is 5.75 Å². The number of hydrogen-bond donors (Lipinski definition) is 3. The number of aliphatic hydroxyl groups is 2. The third-order valence-corrected chi connectivity index (χ3v) is 2.65. The van der Waals surface area contributed by atoms with Crippen LogP contribution in [-0.2, 0) is 4.74 Å². The summed E-state index contributed by atoms with van der Waals surface area (Å²) in [5.74, 6) is 0.190. The fourth-order valence-corrected chi connectivity index (χ4v) is 1.60. The Balaban J connectivity index is 2.08. The number of hydrogen-bond acceptors (Lipinski definition) is 5. The van der Waals surface area contributed by atoms with Gasteiger partial charge < -0.3 is 25.0 Å². The van der Waals surface area contributed by atoms with Gasteiger partial charge in [-0.15, -0.1) is 0 Å². The number of rotatable bonds is 10. The van der Waals surface area contributed by atoms with Crippen molar-refractivity contribution >= 4 is 0 Å². The Bertz CT molecular complexity index is 361. The molecule has 0 bridgehead atoms. The summed E-state index contributed by atoms with van der Waals surface area (Å²) in [6.07, 6.45) is -0.612. The minimum atomic E-state index is -0.667. The lowest BCUT2D eigenvalue weighted by atomic mass is 10.2. The second kappa shape index (κ2) is 9.66. The third kappa shape index (κ3) is 7.40. The summed E-state index contributed by atoms with van der Waals surface area (Å²) in [5, 5.41) is 22.1. The molecule has 2 unspecified atom stereocenters. The maximum absolute atomic E-state index is 12.7. The average molecular weight is 287 g/mol. The van der Waals surface area contributed by atoms with Crippen LogP contribution >= 0.6 is 0 Å². The van der Waals surface area contributed by atoms with Gasteiger partial charge in [-0.05, 0) is 37.2 Å². The van der Waals surface area contributed by atoms with Crippen molar-refractivity contribution in [2.45, 2.75) is 18.6 Å². The quantitative estimate of drug-likeness (QED) is 0.548. The molecule has 0 aliphatic heterocycles. The zero-order valence-electron chi connectivity index (χ0n) is 11.6. The third-order valence-electron chi connectivity index (χ3n) is 2.65. The van der Waals surface area contributed by atoms with Gasteiger partial charge in [0.15, 0.2) is 0 Å². The lowest BCUT2D eigenvalue weighted by molar-refractivity contribution is 0.0577. The Labute approximate surface area is 118 Å². The van der Waals surface area contributed by atoms with E-state index in [2.05, 4.69) is 5.32 Å². The van der Waals surface area contributed by atoms with Crippen molar-refractivity contribution in [2.24, 2.45) is 0 Å². The molecule has 0 aromatic heterocycles. The van der Waals surface area contributed by atoms with Gasteiger partial charge >= 0.3 is 0 Å². The predicted octanol–water partition coefficient (Wildman–Crippen LogP) is 0.552. The van der Waals surface area contributed by atoms with Gasteiger partial charge in [-0.1, -0.05) is 0 Å². The number of aliphatic hydroxyl groups excluding tert-OH is 2. The van der Waals surface area contributed by atoms with Gasteiger partial charge in [-0.2, -0.15) is 0 Å². The molecule has 0 amide bonds. The Morgan fingerprint density at radius 1 is 1.15 bits per heavy atom. The summed E-state index contributed by atoms with van der Waals surface area (Å²) in [6, 6.07) is 5.63. The number of methoxy groups -OCH3 is 1. The van der Waals surface area contributed by atoms with Crippen LogP contribution in [0.15, 0.2) is 24.3 Å². The van der Waals surface area contributed by atoms with Crippen molar-refractivity contribution in [3.05, 3.63) is 30.1 Å². The van der Waals surface area contributed by atoms with Crippen LogP contribution in [0.4, 0.5) is 4.39 Å². The number of halogens is 1. The molecule has 0 fully saturated rings. The molecule has 0 heterocycles. The summed E-state index contributed by atoms with van der Waals surface area (Å²) in [4.78, 5) is 0. The summed E-state index contributed by atoms with van der Waals surface area (Å²) in [7, 11) is 1.53. The van der Waals surface area contributed by atoms with Crippen LogP contribution in [-0.4, -0.2) is 55.8 Å². The molecule has 1 rings (SSSR count). The Morgan fingerprint density at radius 2 is 1.85 bits per heavy atom. The molecule has 0 saturated heterocycles. The first-order valence-electron chi connectivity index (χ1n) is 6.56. The largest absolute Gasteiger partial charge is 0.491 e. The van der Waals surface area contributed by atoms with E-state index >= 15 is 0 Å². The smallest absolute Gasteiger partial charge is 0.123 e. The summed E-state index contributed by atoms with van der Waals surface area (Å²) >= 11 is 0. The molecule has 0 spiro atoms. The molecule has 1 aromatic rings. The highest BCUT2D eigenvalue weighted by molar-refractivity contribution is 5.22. The minimum Gasteiger partial charge on any atom is -0.491 e. The number of nitrogens with one attached hydrogen (secondary N) is 1. The molecule has 0 saturated carbocycles. The van der Waals surface area contributed by atoms with Crippen molar-refractivity contribution in [1.82, 2.24) is 5.32 Å². The molecule has 0 aliphatic rings. The van der Waals surface area contributed by atoms with E-state index in [0.29, 0.717) is 31.9 Å². The normalized spacial score (nSPS) is 14.0. The highest BCUT2D eigenvalue weighted by atomic mass is 19.1. The Morgan fingerprint density at radius 3 is 2.50 bits per heavy atom. The maximum Gasteiger partial charge on any atom is 0.123 e. The fourth-order valence-electron chi connectivity index (χ4n) is 1.60. The van der Waals surface area contributed by atoms with E-state index in [4.69, 9.17) is 9.47 Å². The van der Waals surface area contributed by atoms with Crippen LogP contribution in [0.25, 0.3) is 0 Å². The lowest BCUT2D eigenvalue weighted by Crippen LogP contribution is -2.33. The Kier molecular flexibility index (Phi) is 8.13. The van der Waals surface area contributed by atoms with E-state index in [-0.39, 0.29) is 12.4 Å². The number of benzene rings is 1. The molecule has 1 aromatic carbocycles. The van der Waals surface area contributed by atoms with Gasteiger partial charge in [0.05, 0.1) is 12.7 Å². The maximum atomic E-state index is 12.7.